The van der Waals surface area contributed by atoms with Crippen LogP contribution < -0.4 is 20.9 Å². The van der Waals surface area contributed by atoms with Gasteiger partial charge in [-0.1, -0.05) is 66.7 Å². The maximum atomic E-state index is 14.1. The van der Waals surface area contributed by atoms with E-state index < -0.39 is 61.9 Å². The zero-order valence-electron chi connectivity index (χ0n) is 22.9. The number of hydrogen-bond donors (Lipinski definition) is 3. The van der Waals surface area contributed by atoms with Crippen molar-refractivity contribution in [1.29, 1.82) is 0 Å². The zero-order valence-corrected chi connectivity index (χ0v) is 23.8. The van der Waals surface area contributed by atoms with Gasteiger partial charge in [-0.3, -0.25) is 23.7 Å². The second-order valence-corrected chi connectivity index (χ2v) is 11.6. The number of rotatable bonds is 11. The van der Waals surface area contributed by atoms with Gasteiger partial charge in [-0.15, -0.1) is 0 Å². The Balaban J connectivity index is 1.33. The van der Waals surface area contributed by atoms with Crippen molar-refractivity contribution in [2.75, 3.05) is 6.61 Å². The number of aromatic amines is 1. The van der Waals surface area contributed by atoms with Gasteiger partial charge in [-0.25, -0.2) is 9.36 Å². The standard InChI is InChI=1S/C29H29FN3O9P/c1-18(28(36)39-16-19-8-3-2-4-9-19)32-43(38,42-24-13-7-11-20-10-5-6-12-21(20)24)40-17-25-23(34)14-26(41-25)33-15-22(30)27(35)31-29(33)37/h2-13,15,18,23,25-26,34H,14,16-17H2,1H3,(H,32,38)(H,31,35,37)/t18-,23+,25+,26+,43?/m0/s1. The van der Waals surface area contributed by atoms with Crippen LogP contribution in [0.1, 0.15) is 25.1 Å². The first-order valence-corrected chi connectivity index (χ1v) is 14.9. The minimum absolute atomic E-state index is 0.00472. The summed E-state index contributed by atoms with van der Waals surface area (Å²) in [7, 11) is -4.36. The van der Waals surface area contributed by atoms with Gasteiger partial charge in [0.25, 0.3) is 5.56 Å². The maximum absolute atomic E-state index is 14.1. The van der Waals surface area contributed by atoms with E-state index in [1.807, 2.05) is 29.2 Å². The van der Waals surface area contributed by atoms with Gasteiger partial charge < -0.3 is 19.1 Å². The first-order chi connectivity index (χ1) is 20.6. The van der Waals surface area contributed by atoms with Crippen LogP contribution in [0, 0.1) is 5.82 Å². The number of fused-ring (bicyclic) bond motifs is 1. The van der Waals surface area contributed by atoms with Crippen molar-refractivity contribution in [1.82, 2.24) is 14.6 Å². The minimum Gasteiger partial charge on any atom is -0.460 e. The molecule has 0 bridgehead atoms. The molecule has 0 radical (unpaired) electrons. The van der Waals surface area contributed by atoms with Gasteiger partial charge in [0.1, 0.15) is 30.7 Å². The molecule has 226 valence electrons. The van der Waals surface area contributed by atoms with E-state index in [1.54, 1.807) is 48.5 Å². The number of benzene rings is 3. The van der Waals surface area contributed by atoms with Crippen molar-refractivity contribution >= 4 is 24.5 Å². The fourth-order valence-corrected chi connectivity index (χ4v) is 6.04. The second-order valence-electron chi connectivity index (χ2n) is 9.88. The van der Waals surface area contributed by atoms with Crippen LogP contribution in [0.15, 0.2) is 88.6 Å². The Morgan fingerprint density at radius 2 is 1.86 bits per heavy atom. The molecule has 12 nitrogen and oxygen atoms in total. The number of H-pyrrole nitrogens is 1. The molecule has 43 heavy (non-hydrogen) atoms. The molecular weight excluding hydrogens is 584 g/mol. The summed E-state index contributed by atoms with van der Waals surface area (Å²) in [4.78, 5) is 38.2. The van der Waals surface area contributed by atoms with Gasteiger partial charge >= 0.3 is 19.4 Å². The summed E-state index contributed by atoms with van der Waals surface area (Å²) < 4.78 is 51.4. The highest BCUT2D eigenvalue weighted by Gasteiger charge is 2.40. The Morgan fingerprint density at radius 1 is 1.14 bits per heavy atom. The number of aromatic nitrogens is 2. The lowest BCUT2D eigenvalue weighted by molar-refractivity contribution is -0.146. The molecule has 1 aromatic heterocycles. The predicted octanol–water partition coefficient (Wildman–Crippen LogP) is 3.40. The molecule has 1 aliphatic rings. The van der Waals surface area contributed by atoms with Crippen molar-refractivity contribution in [3.63, 3.8) is 0 Å². The molecule has 4 aromatic rings. The summed E-state index contributed by atoms with van der Waals surface area (Å²) >= 11 is 0. The lowest BCUT2D eigenvalue weighted by Gasteiger charge is -2.25. The first-order valence-electron chi connectivity index (χ1n) is 13.4. The van der Waals surface area contributed by atoms with E-state index >= 15 is 0 Å². The van der Waals surface area contributed by atoms with Gasteiger partial charge in [-0.05, 0) is 23.9 Å². The number of nitrogens with zero attached hydrogens (tertiary/aromatic N) is 1. The molecule has 5 rings (SSSR count). The lowest BCUT2D eigenvalue weighted by atomic mass is 10.1. The van der Waals surface area contributed by atoms with Crippen LogP contribution in [0.5, 0.6) is 5.75 Å². The highest BCUT2D eigenvalue weighted by molar-refractivity contribution is 7.52. The highest BCUT2D eigenvalue weighted by atomic mass is 31.2. The van der Waals surface area contributed by atoms with E-state index in [4.69, 9.17) is 18.5 Å². The molecular formula is C29H29FN3O9P. The maximum Gasteiger partial charge on any atom is 0.459 e. The average Bonchev–Trinajstić information content (AvgIpc) is 3.37. The van der Waals surface area contributed by atoms with Crippen molar-refractivity contribution in [2.45, 2.75) is 44.4 Å². The Kier molecular flexibility index (Phi) is 9.19. The summed E-state index contributed by atoms with van der Waals surface area (Å²) in [5.74, 6) is -1.71. The molecule has 0 aliphatic carbocycles. The molecule has 0 saturated carbocycles. The van der Waals surface area contributed by atoms with Crippen LogP contribution in [0.25, 0.3) is 10.8 Å². The predicted molar refractivity (Wildman–Crippen MR) is 153 cm³/mol. The Bertz CT molecular complexity index is 1760. The lowest BCUT2D eigenvalue weighted by Crippen LogP contribution is -2.36. The van der Waals surface area contributed by atoms with Crippen LogP contribution in [0.2, 0.25) is 0 Å². The van der Waals surface area contributed by atoms with Crippen LogP contribution in [-0.4, -0.2) is 45.5 Å². The third-order valence-corrected chi connectivity index (χ3v) is 8.37. The molecule has 5 atom stereocenters. The third-order valence-electron chi connectivity index (χ3n) is 6.74. The number of carbonyl (C=O) groups is 1. The fourth-order valence-electron chi connectivity index (χ4n) is 4.52. The van der Waals surface area contributed by atoms with Crippen LogP contribution in [0.3, 0.4) is 0 Å². The number of ether oxygens (including phenoxy) is 2. The molecule has 1 aliphatic heterocycles. The van der Waals surface area contributed by atoms with E-state index in [0.29, 0.717) is 11.6 Å². The quantitative estimate of drug-likeness (QED) is 0.169. The van der Waals surface area contributed by atoms with Crippen molar-refractivity contribution in [3.05, 3.63) is 111 Å². The number of aliphatic hydroxyl groups excluding tert-OH is 1. The molecule has 1 saturated heterocycles. The van der Waals surface area contributed by atoms with E-state index in [2.05, 4.69) is 5.09 Å². The van der Waals surface area contributed by atoms with E-state index in [0.717, 1.165) is 15.5 Å². The molecule has 3 aromatic carbocycles. The molecule has 14 heteroatoms. The van der Waals surface area contributed by atoms with E-state index in [1.165, 1.54) is 6.92 Å². The molecule has 3 N–H and O–H groups in total. The average molecular weight is 614 g/mol. The summed E-state index contributed by atoms with van der Waals surface area (Å²) in [6.45, 7) is 0.929. The molecule has 0 spiro atoms. The highest BCUT2D eigenvalue weighted by Crippen LogP contribution is 2.47. The summed E-state index contributed by atoms with van der Waals surface area (Å²) in [5.41, 5.74) is -1.36. The number of esters is 1. The fraction of sp³-hybridized carbons (Fsp3) is 0.276. The van der Waals surface area contributed by atoms with Gasteiger partial charge in [0.15, 0.2) is 0 Å². The number of hydrogen-bond acceptors (Lipinski definition) is 9. The smallest absolute Gasteiger partial charge is 0.459 e. The number of nitrogens with one attached hydrogen (secondary N) is 2. The van der Waals surface area contributed by atoms with Gasteiger partial charge in [0.2, 0.25) is 5.82 Å². The molecule has 1 unspecified atom stereocenters. The topological polar surface area (TPSA) is 158 Å². The normalized spacial score (nSPS) is 20.4. The summed E-state index contributed by atoms with van der Waals surface area (Å²) in [6, 6.07) is 20.2. The first kappa shape index (κ1) is 30.3. The number of aliphatic hydroxyl groups is 1. The van der Waals surface area contributed by atoms with Gasteiger partial charge in [0, 0.05) is 11.8 Å². The Morgan fingerprint density at radius 3 is 2.65 bits per heavy atom. The van der Waals surface area contributed by atoms with Crippen LogP contribution in [-0.2, 0) is 30.0 Å². The van der Waals surface area contributed by atoms with E-state index in [9.17, 15) is 28.4 Å². The minimum atomic E-state index is -4.36. The Labute approximate surface area is 244 Å². The molecule has 0 amide bonds. The monoisotopic (exact) mass is 613 g/mol. The Hall–Kier alpha value is -4.13. The van der Waals surface area contributed by atoms with Crippen molar-refractivity contribution in [2.24, 2.45) is 0 Å². The molecule has 2 heterocycles. The number of halogens is 1. The second kappa shape index (κ2) is 13.0. The largest absolute Gasteiger partial charge is 0.460 e. The van der Waals surface area contributed by atoms with E-state index in [-0.39, 0.29) is 18.8 Å². The van der Waals surface area contributed by atoms with Gasteiger partial charge in [0.05, 0.1) is 18.9 Å². The summed E-state index contributed by atoms with van der Waals surface area (Å²) in [6.07, 6.45) is -2.95. The third kappa shape index (κ3) is 7.27. The van der Waals surface area contributed by atoms with Crippen LogP contribution in [0.4, 0.5) is 4.39 Å². The van der Waals surface area contributed by atoms with Gasteiger partial charge in [-0.2, -0.15) is 9.48 Å². The number of carbonyl (C=O) groups excluding carboxylic acids is 1. The zero-order chi connectivity index (χ0) is 30.6. The SMILES string of the molecule is C[C@H](NP(=O)(OC[C@H]1O[C@@H](n2cc(F)c(=O)[nH]c2=O)C[C@H]1O)Oc1cccc2ccccc12)C(=O)OCc1ccccc1. The van der Waals surface area contributed by atoms with Crippen molar-refractivity contribution < 1.29 is 37.4 Å². The van der Waals surface area contributed by atoms with Crippen molar-refractivity contribution in [3.8, 4) is 5.75 Å². The van der Waals surface area contributed by atoms with Crippen LogP contribution >= 0.6 is 7.75 Å². The molecule has 1 fully saturated rings. The summed E-state index contributed by atoms with van der Waals surface area (Å²) in [5, 5.41) is 14.6.